The molecule has 5 nitrogen and oxygen atoms in total. The normalized spacial score (nSPS) is 19.8. The van der Waals surface area contributed by atoms with Crippen LogP contribution in [0.5, 0.6) is 0 Å². The summed E-state index contributed by atoms with van der Waals surface area (Å²) in [4.78, 5) is 11.5. The number of rotatable bonds is 1. The molecule has 0 saturated heterocycles. The van der Waals surface area contributed by atoms with Crippen LogP contribution in [-0.4, -0.2) is 30.0 Å². The number of nitrogens with zero attached hydrogens (tertiary/aromatic N) is 2. The van der Waals surface area contributed by atoms with Crippen molar-refractivity contribution in [2.24, 2.45) is 5.10 Å². The van der Waals surface area contributed by atoms with Crippen molar-refractivity contribution >= 4 is 31.9 Å². The van der Waals surface area contributed by atoms with Gasteiger partial charge in [-0.3, -0.25) is 4.79 Å². The van der Waals surface area contributed by atoms with E-state index in [-0.39, 0.29) is 10.3 Å². The largest absolute Gasteiger partial charge is 0.273 e. The summed E-state index contributed by atoms with van der Waals surface area (Å²) in [7, 11) is -3.39. The van der Waals surface area contributed by atoms with Crippen molar-refractivity contribution in [3.8, 4) is 0 Å². The summed E-state index contributed by atoms with van der Waals surface area (Å²) in [5.41, 5.74) is 0.847. The smallest absolute Gasteiger partial charge is 0.240 e. The molecule has 0 N–H and O–H groups in total. The van der Waals surface area contributed by atoms with Gasteiger partial charge in [0.1, 0.15) is 5.37 Å². The molecule has 1 unspecified atom stereocenters. The molecule has 0 aliphatic carbocycles. The predicted molar refractivity (Wildman–Crippen MR) is 71.6 cm³/mol. The molecule has 1 aliphatic rings. The molecule has 1 aromatic rings. The van der Waals surface area contributed by atoms with Gasteiger partial charge < -0.3 is 0 Å². The van der Waals surface area contributed by atoms with Crippen LogP contribution in [0.1, 0.15) is 17.9 Å². The van der Waals surface area contributed by atoms with Crippen LogP contribution >= 0.6 is 11.8 Å². The van der Waals surface area contributed by atoms with E-state index in [1.807, 2.05) is 30.3 Å². The van der Waals surface area contributed by atoms with Crippen LogP contribution in [0.15, 0.2) is 35.4 Å². The van der Waals surface area contributed by atoms with Gasteiger partial charge in [-0.2, -0.15) is 0 Å². The number of hydrogen-bond donors (Lipinski definition) is 0. The van der Waals surface area contributed by atoms with Crippen LogP contribution in [0.25, 0.3) is 0 Å². The zero-order chi connectivity index (χ0) is 13.3. The second-order valence-corrected chi connectivity index (χ2v) is 7.14. The molecular formula is C11H12N2O3S2. The van der Waals surface area contributed by atoms with Crippen LogP contribution in [0.4, 0.5) is 0 Å². The van der Waals surface area contributed by atoms with E-state index in [0.29, 0.717) is 0 Å². The van der Waals surface area contributed by atoms with Gasteiger partial charge in [0.05, 0.1) is 0 Å². The van der Waals surface area contributed by atoms with E-state index < -0.39 is 15.2 Å². The van der Waals surface area contributed by atoms with Crippen molar-refractivity contribution in [3.05, 3.63) is 35.9 Å². The van der Waals surface area contributed by atoms with Crippen molar-refractivity contribution < 1.29 is 13.2 Å². The van der Waals surface area contributed by atoms with Gasteiger partial charge in [0.2, 0.25) is 20.1 Å². The lowest BCUT2D eigenvalue weighted by Crippen LogP contribution is -2.22. The highest BCUT2D eigenvalue weighted by Gasteiger charge is 2.35. The number of hydrogen-bond acceptors (Lipinski definition) is 5. The zero-order valence-electron chi connectivity index (χ0n) is 9.90. The average Bonchev–Trinajstić information content (AvgIpc) is 2.74. The van der Waals surface area contributed by atoms with E-state index in [4.69, 9.17) is 0 Å². The number of amides is 1. The van der Waals surface area contributed by atoms with E-state index in [1.165, 1.54) is 11.9 Å². The summed E-state index contributed by atoms with van der Waals surface area (Å²) in [5.74, 6) is -0.282. The number of thioether (sulfide) groups is 1. The third-order valence-corrected chi connectivity index (χ3v) is 5.24. The number of sulfone groups is 1. The maximum atomic E-state index is 11.5. The standard InChI is InChI=1S/C11H12N2O3S2/c1-8(14)13-10(9-6-4-3-5-7-9)17-11(12-13)18(2,15)16/h3-7,10H,1-2H3. The van der Waals surface area contributed by atoms with Gasteiger partial charge in [-0.1, -0.05) is 42.1 Å². The molecule has 7 heteroatoms. The first kappa shape index (κ1) is 13.1. The second-order valence-electron chi connectivity index (χ2n) is 3.88. The minimum Gasteiger partial charge on any atom is -0.273 e. The first-order chi connectivity index (χ1) is 8.39. The van der Waals surface area contributed by atoms with Crippen LogP contribution in [0.3, 0.4) is 0 Å². The molecule has 1 aromatic carbocycles. The van der Waals surface area contributed by atoms with E-state index >= 15 is 0 Å². The number of benzene rings is 1. The molecule has 0 bridgehead atoms. The summed E-state index contributed by atoms with van der Waals surface area (Å²) in [6.45, 7) is 1.37. The molecule has 1 amide bonds. The fourth-order valence-corrected chi connectivity index (χ4v) is 3.66. The molecule has 0 radical (unpaired) electrons. The van der Waals surface area contributed by atoms with Crippen molar-refractivity contribution in [3.63, 3.8) is 0 Å². The lowest BCUT2D eigenvalue weighted by Gasteiger charge is -2.18. The van der Waals surface area contributed by atoms with Gasteiger partial charge >= 0.3 is 0 Å². The Morgan fingerprint density at radius 1 is 1.33 bits per heavy atom. The van der Waals surface area contributed by atoms with Gasteiger partial charge in [0.25, 0.3) is 0 Å². The summed E-state index contributed by atoms with van der Waals surface area (Å²) in [5, 5.41) is 4.69. The monoisotopic (exact) mass is 284 g/mol. The molecule has 0 aromatic heterocycles. The molecular weight excluding hydrogens is 272 g/mol. The molecule has 1 heterocycles. The Bertz CT molecular complexity index is 596. The number of hydrazone groups is 1. The fourth-order valence-electron chi connectivity index (χ4n) is 1.53. The van der Waals surface area contributed by atoms with E-state index in [0.717, 1.165) is 23.6 Å². The summed E-state index contributed by atoms with van der Waals surface area (Å²) >= 11 is 1.07. The van der Waals surface area contributed by atoms with Crippen molar-refractivity contribution in [1.29, 1.82) is 0 Å². The van der Waals surface area contributed by atoms with Gasteiger partial charge in [0, 0.05) is 13.2 Å². The Morgan fingerprint density at radius 3 is 2.44 bits per heavy atom. The topological polar surface area (TPSA) is 66.8 Å². The minimum atomic E-state index is -3.39. The maximum Gasteiger partial charge on any atom is 0.240 e. The average molecular weight is 284 g/mol. The Hall–Kier alpha value is -1.34. The van der Waals surface area contributed by atoms with Crippen LogP contribution in [0, 0.1) is 0 Å². The third kappa shape index (κ3) is 2.56. The highest BCUT2D eigenvalue weighted by molar-refractivity contribution is 8.35. The Balaban J connectivity index is 2.38. The minimum absolute atomic E-state index is 0.0217. The highest BCUT2D eigenvalue weighted by atomic mass is 32.3. The highest BCUT2D eigenvalue weighted by Crippen LogP contribution is 2.40. The Morgan fingerprint density at radius 2 is 1.94 bits per heavy atom. The second kappa shape index (κ2) is 4.74. The first-order valence-electron chi connectivity index (χ1n) is 5.19. The summed E-state index contributed by atoms with van der Waals surface area (Å²) in [6.07, 6.45) is 1.09. The Labute approximate surface area is 110 Å². The van der Waals surface area contributed by atoms with Crippen LogP contribution < -0.4 is 0 Å². The summed E-state index contributed by atoms with van der Waals surface area (Å²) in [6, 6.07) is 9.22. The third-order valence-electron chi connectivity index (χ3n) is 2.35. The molecule has 1 aliphatic heterocycles. The van der Waals surface area contributed by atoms with E-state index in [9.17, 15) is 13.2 Å². The van der Waals surface area contributed by atoms with E-state index in [1.54, 1.807) is 0 Å². The van der Waals surface area contributed by atoms with Gasteiger partial charge in [-0.25, -0.2) is 13.4 Å². The first-order valence-corrected chi connectivity index (χ1v) is 7.97. The number of carbonyl (C=O) groups is 1. The Kier molecular flexibility index (Phi) is 3.45. The lowest BCUT2D eigenvalue weighted by molar-refractivity contribution is -0.129. The van der Waals surface area contributed by atoms with Gasteiger partial charge in [0.15, 0.2) is 0 Å². The quantitative estimate of drug-likeness (QED) is 0.785. The maximum absolute atomic E-state index is 11.5. The zero-order valence-corrected chi connectivity index (χ0v) is 11.5. The summed E-state index contributed by atoms with van der Waals surface area (Å²) < 4.78 is 23.0. The van der Waals surface area contributed by atoms with Gasteiger partial charge in [-0.05, 0) is 5.56 Å². The molecule has 0 spiro atoms. The van der Waals surface area contributed by atoms with Crippen molar-refractivity contribution in [2.45, 2.75) is 12.3 Å². The predicted octanol–water partition coefficient (Wildman–Crippen LogP) is 1.60. The molecule has 18 heavy (non-hydrogen) atoms. The van der Waals surface area contributed by atoms with Crippen molar-refractivity contribution in [1.82, 2.24) is 5.01 Å². The molecule has 0 fully saturated rings. The van der Waals surface area contributed by atoms with E-state index in [2.05, 4.69) is 5.10 Å². The molecule has 2 rings (SSSR count). The molecule has 0 saturated carbocycles. The van der Waals surface area contributed by atoms with Crippen LogP contribution in [-0.2, 0) is 14.6 Å². The fraction of sp³-hybridized carbons (Fsp3) is 0.273. The molecule has 1 atom stereocenters. The number of carbonyl (C=O) groups excluding carboxylic acids is 1. The lowest BCUT2D eigenvalue weighted by atomic mass is 10.2. The van der Waals surface area contributed by atoms with Gasteiger partial charge in [-0.15, -0.1) is 5.10 Å². The SMILES string of the molecule is CC(=O)N1N=C(S(C)(=O)=O)SC1c1ccccc1. The van der Waals surface area contributed by atoms with Crippen molar-refractivity contribution in [2.75, 3.05) is 6.26 Å². The molecule has 96 valence electrons. The van der Waals surface area contributed by atoms with Crippen LogP contribution in [0.2, 0.25) is 0 Å².